The van der Waals surface area contributed by atoms with Gasteiger partial charge >= 0.3 is 0 Å². The molecule has 0 bridgehead atoms. The number of nitrogens with zero attached hydrogens (tertiary/aromatic N) is 2. The van der Waals surface area contributed by atoms with E-state index in [2.05, 4.69) is 15.5 Å². The molecular formula is C10H15N3O3. The lowest BCUT2D eigenvalue weighted by molar-refractivity contribution is 0.0733. The predicted octanol–water partition coefficient (Wildman–Crippen LogP) is 0.582. The molecule has 88 valence electrons. The Morgan fingerprint density at radius 2 is 2.31 bits per heavy atom. The van der Waals surface area contributed by atoms with Crippen molar-refractivity contribution in [1.29, 1.82) is 0 Å². The summed E-state index contributed by atoms with van der Waals surface area (Å²) in [5.41, 5.74) is 0. The highest BCUT2D eigenvalue weighted by Crippen LogP contribution is 2.27. The minimum atomic E-state index is -0.00856. The van der Waals surface area contributed by atoms with E-state index in [1.54, 1.807) is 0 Å². The quantitative estimate of drug-likeness (QED) is 0.794. The summed E-state index contributed by atoms with van der Waals surface area (Å²) in [6, 6.07) is 0.0488. The van der Waals surface area contributed by atoms with Gasteiger partial charge in [0, 0.05) is 13.2 Å². The molecule has 1 N–H and O–H groups in total. The Morgan fingerprint density at radius 3 is 3.06 bits per heavy atom. The van der Waals surface area contributed by atoms with Crippen LogP contribution in [0.15, 0.2) is 4.52 Å². The largest absolute Gasteiger partial charge is 0.378 e. The van der Waals surface area contributed by atoms with Crippen molar-refractivity contribution >= 4 is 0 Å². The lowest BCUT2D eigenvalue weighted by Crippen LogP contribution is -2.35. The molecule has 2 fully saturated rings. The first-order chi connectivity index (χ1) is 7.93. The van der Waals surface area contributed by atoms with E-state index in [4.69, 9.17) is 14.0 Å². The zero-order valence-corrected chi connectivity index (χ0v) is 9.02. The highest BCUT2D eigenvalue weighted by molar-refractivity contribution is 4.98. The van der Waals surface area contributed by atoms with Gasteiger partial charge < -0.3 is 19.3 Å². The fourth-order valence-electron chi connectivity index (χ4n) is 2.02. The summed E-state index contributed by atoms with van der Waals surface area (Å²) in [5, 5.41) is 7.26. The van der Waals surface area contributed by atoms with Crippen LogP contribution in [-0.2, 0) is 9.47 Å². The summed E-state index contributed by atoms with van der Waals surface area (Å²) in [6.07, 6.45) is 2.02. The number of hydrogen-bond donors (Lipinski definition) is 1. The molecule has 6 nitrogen and oxygen atoms in total. The molecule has 2 unspecified atom stereocenters. The van der Waals surface area contributed by atoms with E-state index in [-0.39, 0.29) is 12.1 Å². The minimum Gasteiger partial charge on any atom is -0.378 e. The summed E-state index contributed by atoms with van der Waals surface area (Å²) in [7, 11) is 0. The van der Waals surface area contributed by atoms with E-state index in [0.29, 0.717) is 18.3 Å². The van der Waals surface area contributed by atoms with Gasteiger partial charge in [0.05, 0.1) is 19.3 Å². The van der Waals surface area contributed by atoms with Crippen molar-refractivity contribution in [1.82, 2.24) is 15.5 Å². The van der Waals surface area contributed by atoms with Gasteiger partial charge in [0.15, 0.2) is 5.82 Å². The monoisotopic (exact) mass is 225 g/mol. The maximum Gasteiger partial charge on any atom is 0.255 e. The zero-order chi connectivity index (χ0) is 10.8. The molecule has 2 aliphatic heterocycles. The van der Waals surface area contributed by atoms with Gasteiger partial charge in [-0.25, -0.2) is 0 Å². The van der Waals surface area contributed by atoms with Crippen LogP contribution in [0, 0.1) is 0 Å². The molecule has 2 saturated heterocycles. The van der Waals surface area contributed by atoms with Crippen molar-refractivity contribution < 1.29 is 14.0 Å². The molecule has 2 aliphatic rings. The number of rotatable bonds is 2. The molecule has 6 heteroatoms. The molecular weight excluding hydrogens is 210 g/mol. The maximum atomic E-state index is 5.49. The van der Waals surface area contributed by atoms with Gasteiger partial charge in [-0.15, -0.1) is 0 Å². The molecule has 1 aromatic rings. The van der Waals surface area contributed by atoms with Crippen LogP contribution < -0.4 is 5.32 Å². The smallest absolute Gasteiger partial charge is 0.255 e. The SMILES string of the molecule is C1COC(c2nc(C3COCCN3)no2)C1. The summed E-state index contributed by atoms with van der Waals surface area (Å²) >= 11 is 0. The highest BCUT2D eigenvalue weighted by atomic mass is 16.5. The number of aromatic nitrogens is 2. The first-order valence-corrected chi connectivity index (χ1v) is 5.70. The Hall–Kier alpha value is -0.980. The Balaban J connectivity index is 1.71. The van der Waals surface area contributed by atoms with Crippen LogP contribution in [0.1, 0.15) is 36.7 Å². The molecule has 2 atom stereocenters. The third kappa shape index (κ3) is 1.95. The van der Waals surface area contributed by atoms with Crippen LogP contribution >= 0.6 is 0 Å². The van der Waals surface area contributed by atoms with Gasteiger partial charge in [-0.05, 0) is 12.8 Å². The van der Waals surface area contributed by atoms with Crippen LogP contribution in [0.3, 0.4) is 0 Å². The van der Waals surface area contributed by atoms with Crippen molar-refractivity contribution in [3.05, 3.63) is 11.7 Å². The molecule has 0 aliphatic carbocycles. The second-order valence-electron chi connectivity index (χ2n) is 4.07. The average molecular weight is 225 g/mol. The summed E-state index contributed by atoms with van der Waals surface area (Å²) in [6.45, 7) is 2.96. The van der Waals surface area contributed by atoms with Crippen molar-refractivity contribution in [2.75, 3.05) is 26.4 Å². The van der Waals surface area contributed by atoms with Crippen molar-refractivity contribution in [2.45, 2.75) is 25.0 Å². The van der Waals surface area contributed by atoms with Crippen LogP contribution in [0.25, 0.3) is 0 Å². The predicted molar refractivity (Wildman–Crippen MR) is 53.8 cm³/mol. The van der Waals surface area contributed by atoms with E-state index in [9.17, 15) is 0 Å². The topological polar surface area (TPSA) is 69.4 Å². The molecule has 0 radical (unpaired) electrons. The number of nitrogens with one attached hydrogen (secondary N) is 1. The van der Waals surface area contributed by atoms with Gasteiger partial charge in [0.25, 0.3) is 5.89 Å². The first kappa shape index (κ1) is 10.2. The number of morpholine rings is 1. The average Bonchev–Trinajstić information content (AvgIpc) is 3.01. The van der Waals surface area contributed by atoms with Crippen LogP contribution in [0.2, 0.25) is 0 Å². The highest BCUT2D eigenvalue weighted by Gasteiger charge is 2.26. The van der Waals surface area contributed by atoms with Gasteiger partial charge in [-0.3, -0.25) is 0 Å². The normalized spacial score (nSPS) is 30.8. The van der Waals surface area contributed by atoms with Crippen LogP contribution in [0.5, 0.6) is 0 Å². The van der Waals surface area contributed by atoms with Gasteiger partial charge in [-0.1, -0.05) is 5.16 Å². The number of ether oxygens (including phenoxy) is 2. The van der Waals surface area contributed by atoms with E-state index in [1.165, 1.54) is 0 Å². The van der Waals surface area contributed by atoms with Crippen LogP contribution in [0.4, 0.5) is 0 Å². The van der Waals surface area contributed by atoms with E-state index < -0.39 is 0 Å². The minimum absolute atomic E-state index is 0.00856. The molecule has 16 heavy (non-hydrogen) atoms. The Kier molecular flexibility index (Phi) is 2.86. The summed E-state index contributed by atoms with van der Waals surface area (Å²) < 4.78 is 16.1. The van der Waals surface area contributed by atoms with Gasteiger partial charge in [0.2, 0.25) is 0 Å². The van der Waals surface area contributed by atoms with Crippen molar-refractivity contribution in [3.8, 4) is 0 Å². The fourth-order valence-corrected chi connectivity index (χ4v) is 2.02. The molecule has 3 heterocycles. The lowest BCUT2D eigenvalue weighted by atomic mass is 10.2. The Bertz CT molecular complexity index is 343. The van der Waals surface area contributed by atoms with Gasteiger partial charge in [-0.2, -0.15) is 4.98 Å². The molecule has 0 aromatic carbocycles. The first-order valence-electron chi connectivity index (χ1n) is 5.70. The second kappa shape index (κ2) is 4.48. The van der Waals surface area contributed by atoms with Crippen LogP contribution in [-0.4, -0.2) is 36.5 Å². The van der Waals surface area contributed by atoms with E-state index >= 15 is 0 Å². The summed E-state index contributed by atoms with van der Waals surface area (Å²) in [5.74, 6) is 1.27. The Morgan fingerprint density at radius 1 is 1.31 bits per heavy atom. The summed E-state index contributed by atoms with van der Waals surface area (Å²) in [4.78, 5) is 4.37. The molecule has 3 rings (SSSR count). The van der Waals surface area contributed by atoms with Crippen molar-refractivity contribution in [2.24, 2.45) is 0 Å². The fraction of sp³-hybridized carbons (Fsp3) is 0.800. The maximum absolute atomic E-state index is 5.49. The third-order valence-electron chi connectivity index (χ3n) is 2.90. The van der Waals surface area contributed by atoms with E-state index in [1.807, 2.05) is 0 Å². The van der Waals surface area contributed by atoms with E-state index in [0.717, 1.165) is 32.6 Å². The molecule has 1 aromatic heterocycles. The Labute approximate surface area is 93.3 Å². The standard InChI is InChI=1S/C10H15N3O3/c1-2-8(15-4-1)10-12-9(13-16-10)7-6-14-5-3-11-7/h7-8,11H,1-6H2. The zero-order valence-electron chi connectivity index (χ0n) is 9.02. The molecule has 0 saturated carbocycles. The lowest BCUT2D eigenvalue weighted by Gasteiger charge is -2.20. The second-order valence-corrected chi connectivity index (χ2v) is 4.07. The van der Waals surface area contributed by atoms with Gasteiger partial charge in [0.1, 0.15) is 6.10 Å². The molecule has 0 amide bonds. The third-order valence-corrected chi connectivity index (χ3v) is 2.90. The molecule has 0 spiro atoms. The number of hydrogen-bond acceptors (Lipinski definition) is 6. The van der Waals surface area contributed by atoms with Crippen molar-refractivity contribution in [3.63, 3.8) is 0 Å².